The van der Waals surface area contributed by atoms with Gasteiger partial charge in [0.25, 0.3) is 0 Å². The highest BCUT2D eigenvalue weighted by Gasteiger charge is 2.07. The average molecular weight is 466 g/mol. The zero-order chi connectivity index (χ0) is 18.1. The van der Waals surface area contributed by atoms with Gasteiger partial charge in [-0.1, -0.05) is 54.6 Å². The Bertz CT molecular complexity index is 671. The molecule has 2 aromatic carbocycles. The highest BCUT2D eigenvalue weighted by atomic mass is 127. The summed E-state index contributed by atoms with van der Waals surface area (Å²) in [7, 11) is 2.14. The molecule has 142 valence electrons. The second kappa shape index (κ2) is 11.9. The molecule has 0 aliphatic rings. The van der Waals surface area contributed by atoms with E-state index >= 15 is 0 Å². The maximum Gasteiger partial charge on any atom is 0.188 e. The van der Waals surface area contributed by atoms with Gasteiger partial charge in [-0.05, 0) is 44.0 Å². The van der Waals surface area contributed by atoms with Gasteiger partial charge in [0.05, 0.1) is 6.54 Å². The van der Waals surface area contributed by atoms with Crippen molar-refractivity contribution in [3.63, 3.8) is 0 Å². The van der Waals surface area contributed by atoms with Crippen LogP contribution in [0, 0.1) is 0 Å². The lowest BCUT2D eigenvalue weighted by Gasteiger charge is -2.22. The summed E-state index contributed by atoms with van der Waals surface area (Å²) in [6, 6.07) is 19.3. The molecule has 4 nitrogen and oxygen atoms in total. The van der Waals surface area contributed by atoms with E-state index in [4.69, 9.17) is 5.73 Å². The van der Waals surface area contributed by atoms with E-state index in [2.05, 4.69) is 84.6 Å². The van der Waals surface area contributed by atoms with E-state index in [1.54, 1.807) is 0 Å². The van der Waals surface area contributed by atoms with Crippen LogP contribution in [0.4, 0.5) is 0 Å². The third-order valence-electron chi connectivity index (χ3n) is 4.40. The van der Waals surface area contributed by atoms with Gasteiger partial charge in [0.2, 0.25) is 0 Å². The van der Waals surface area contributed by atoms with Crippen LogP contribution in [0.1, 0.15) is 30.5 Å². The number of nitrogens with zero attached hydrogens (tertiary/aromatic N) is 2. The van der Waals surface area contributed by atoms with Crippen LogP contribution < -0.4 is 11.1 Å². The molecule has 0 aliphatic carbocycles. The molecular formula is C21H31IN4. The Kier molecular flexibility index (Phi) is 10.3. The number of guanidine groups is 1. The van der Waals surface area contributed by atoms with E-state index in [1.807, 2.05) is 6.07 Å². The van der Waals surface area contributed by atoms with Gasteiger partial charge in [0, 0.05) is 19.1 Å². The van der Waals surface area contributed by atoms with Crippen molar-refractivity contribution >= 4 is 29.9 Å². The fourth-order valence-corrected chi connectivity index (χ4v) is 2.52. The summed E-state index contributed by atoms with van der Waals surface area (Å²) < 4.78 is 0. The lowest BCUT2D eigenvalue weighted by Crippen LogP contribution is -2.33. The van der Waals surface area contributed by atoms with Crippen LogP contribution >= 0.6 is 24.0 Å². The average Bonchev–Trinajstić information content (AvgIpc) is 2.61. The molecular weight excluding hydrogens is 435 g/mol. The van der Waals surface area contributed by atoms with Crippen LogP contribution in [0.25, 0.3) is 0 Å². The van der Waals surface area contributed by atoms with E-state index in [0.29, 0.717) is 18.5 Å². The molecule has 5 heteroatoms. The zero-order valence-corrected chi connectivity index (χ0v) is 18.3. The van der Waals surface area contributed by atoms with Crippen LogP contribution in [0.2, 0.25) is 0 Å². The molecule has 0 radical (unpaired) electrons. The van der Waals surface area contributed by atoms with E-state index in [9.17, 15) is 0 Å². The lowest BCUT2D eigenvalue weighted by atomic mass is 10.1. The first-order chi connectivity index (χ1) is 12.1. The van der Waals surface area contributed by atoms with E-state index in [-0.39, 0.29) is 24.0 Å². The number of rotatable bonds is 8. The smallest absolute Gasteiger partial charge is 0.188 e. The molecule has 0 aromatic heterocycles. The normalized spacial score (nSPS) is 11.5. The Morgan fingerprint density at radius 1 is 1.04 bits per heavy atom. The van der Waals surface area contributed by atoms with E-state index in [0.717, 1.165) is 19.5 Å². The van der Waals surface area contributed by atoms with Gasteiger partial charge >= 0.3 is 0 Å². The molecule has 2 aromatic rings. The van der Waals surface area contributed by atoms with Crippen molar-refractivity contribution in [2.75, 3.05) is 13.6 Å². The fraction of sp³-hybridized carbons (Fsp3) is 0.381. The Hall–Kier alpha value is -1.60. The van der Waals surface area contributed by atoms with Crippen LogP contribution in [0.15, 0.2) is 59.6 Å². The largest absolute Gasteiger partial charge is 0.370 e. The maximum atomic E-state index is 6.01. The van der Waals surface area contributed by atoms with Gasteiger partial charge in [0.1, 0.15) is 0 Å². The lowest BCUT2D eigenvalue weighted by molar-refractivity contribution is 0.265. The van der Waals surface area contributed by atoms with E-state index in [1.165, 1.54) is 16.7 Å². The third-order valence-corrected chi connectivity index (χ3v) is 4.40. The van der Waals surface area contributed by atoms with E-state index < -0.39 is 0 Å². The molecule has 0 heterocycles. The number of nitrogens with two attached hydrogens (primary N) is 1. The Morgan fingerprint density at radius 2 is 1.65 bits per heavy atom. The van der Waals surface area contributed by atoms with Gasteiger partial charge in [0.15, 0.2) is 5.96 Å². The number of hydrogen-bond donors (Lipinski definition) is 2. The molecule has 0 saturated carbocycles. The first-order valence-electron chi connectivity index (χ1n) is 8.91. The molecule has 0 unspecified atom stereocenters. The maximum absolute atomic E-state index is 6.01. The van der Waals surface area contributed by atoms with Gasteiger partial charge in [-0.3, -0.25) is 4.90 Å². The number of benzene rings is 2. The number of halogens is 1. The monoisotopic (exact) mass is 466 g/mol. The molecule has 0 atom stereocenters. The topological polar surface area (TPSA) is 53.6 Å². The predicted molar refractivity (Wildman–Crippen MR) is 122 cm³/mol. The summed E-state index contributed by atoms with van der Waals surface area (Å²) in [5, 5.41) is 3.20. The Morgan fingerprint density at radius 3 is 2.31 bits per heavy atom. The zero-order valence-electron chi connectivity index (χ0n) is 16.0. The molecule has 0 spiro atoms. The first-order valence-corrected chi connectivity index (χ1v) is 8.91. The van der Waals surface area contributed by atoms with Crippen molar-refractivity contribution in [3.05, 3.63) is 71.3 Å². The molecule has 26 heavy (non-hydrogen) atoms. The van der Waals surface area contributed by atoms with Crippen LogP contribution in [-0.2, 0) is 19.5 Å². The van der Waals surface area contributed by atoms with Crippen LogP contribution in [-0.4, -0.2) is 30.5 Å². The van der Waals surface area contributed by atoms with Crippen LogP contribution in [0.5, 0.6) is 0 Å². The molecule has 0 saturated heterocycles. The molecule has 0 amide bonds. The van der Waals surface area contributed by atoms with Gasteiger partial charge in [-0.15, -0.1) is 24.0 Å². The van der Waals surface area contributed by atoms with Crippen molar-refractivity contribution in [2.24, 2.45) is 10.7 Å². The second-order valence-electron chi connectivity index (χ2n) is 6.64. The minimum absolute atomic E-state index is 0. The number of aliphatic imine (C=N–C) groups is 1. The van der Waals surface area contributed by atoms with Crippen molar-refractivity contribution < 1.29 is 0 Å². The van der Waals surface area contributed by atoms with Crippen molar-refractivity contribution in [1.82, 2.24) is 10.2 Å². The fourth-order valence-electron chi connectivity index (χ4n) is 2.52. The quantitative estimate of drug-likeness (QED) is 0.354. The standard InChI is InChI=1S/C21H30N4.HI/c1-17(2)25(3)16-20-12-8-7-11-19(20)15-24-21(22)23-14-13-18-9-5-4-6-10-18;/h4-12,17H,13-16H2,1-3H3,(H3,22,23,24);1H. The third kappa shape index (κ3) is 7.74. The molecule has 3 N–H and O–H groups in total. The predicted octanol–water partition coefficient (Wildman–Crippen LogP) is 3.79. The summed E-state index contributed by atoms with van der Waals surface area (Å²) in [6.07, 6.45) is 0.937. The minimum Gasteiger partial charge on any atom is -0.370 e. The highest BCUT2D eigenvalue weighted by Crippen LogP contribution is 2.13. The number of nitrogens with one attached hydrogen (secondary N) is 1. The Labute approximate surface area is 174 Å². The minimum atomic E-state index is 0. The van der Waals surface area contributed by atoms with Crippen molar-refractivity contribution in [3.8, 4) is 0 Å². The van der Waals surface area contributed by atoms with Crippen LogP contribution in [0.3, 0.4) is 0 Å². The second-order valence-corrected chi connectivity index (χ2v) is 6.64. The van der Waals surface area contributed by atoms with Gasteiger partial charge < -0.3 is 11.1 Å². The summed E-state index contributed by atoms with van der Waals surface area (Å²) >= 11 is 0. The van der Waals surface area contributed by atoms with Gasteiger partial charge in [-0.2, -0.15) is 0 Å². The highest BCUT2D eigenvalue weighted by molar-refractivity contribution is 14.0. The number of hydrogen-bond acceptors (Lipinski definition) is 2. The van der Waals surface area contributed by atoms with Crippen molar-refractivity contribution in [2.45, 2.75) is 39.4 Å². The summed E-state index contributed by atoms with van der Waals surface area (Å²) in [5.41, 5.74) is 9.84. The molecule has 2 rings (SSSR count). The first kappa shape index (κ1) is 22.4. The van der Waals surface area contributed by atoms with Crippen molar-refractivity contribution in [1.29, 1.82) is 0 Å². The summed E-state index contributed by atoms with van der Waals surface area (Å²) in [5.74, 6) is 0.503. The van der Waals surface area contributed by atoms with Gasteiger partial charge in [-0.25, -0.2) is 4.99 Å². The Balaban J connectivity index is 0.00000338. The SMILES string of the molecule is CC(C)N(C)Cc1ccccc1CN=C(N)NCCc1ccccc1.I. The molecule has 0 bridgehead atoms. The molecule has 0 fully saturated rings. The summed E-state index contributed by atoms with van der Waals surface area (Å²) in [4.78, 5) is 6.83. The molecule has 0 aliphatic heterocycles. The summed E-state index contributed by atoms with van der Waals surface area (Å²) in [6.45, 7) is 6.72.